The molecule has 2 amide bonds. The van der Waals surface area contributed by atoms with Crippen LogP contribution in [-0.4, -0.2) is 41.6 Å². The van der Waals surface area contributed by atoms with E-state index in [1.807, 2.05) is 0 Å². The normalized spacial score (nSPS) is 13.9. The van der Waals surface area contributed by atoms with Gasteiger partial charge in [-0.3, -0.25) is 24.1 Å². The molecule has 0 radical (unpaired) electrons. The number of ketones is 1. The van der Waals surface area contributed by atoms with Gasteiger partial charge >= 0.3 is 5.97 Å². The summed E-state index contributed by atoms with van der Waals surface area (Å²) in [5.74, 6) is -1.97. The monoisotopic (exact) mass is 385 g/mol. The van der Waals surface area contributed by atoms with Crippen LogP contribution >= 0.6 is 23.2 Å². The number of nitrogens with zero attached hydrogens (tertiary/aromatic N) is 1. The zero-order valence-corrected chi connectivity index (χ0v) is 15.5. The maximum absolute atomic E-state index is 12.3. The zero-order valence-electron chi connectivity index (χ0n) is 14.0. The Balaban J connectivity index is 1.96. The number of fused-ring (bicyclic) bond motifs is 1. The smallest absolute Gasteiger partial charge is 0.308 e. The van der Waals surface area contributed by atoms with Crippen LogP contribution < -0.4 is 0 Å². The highest BCUT2D eigenvalue weighted by Crippen LogP contribution is 2.31. The van der Waals surface area contributed by atoms with Crippen molar-refractivity contribution >= 4 is 46.8 Å². The average molecular weight is 386 g/mol. The summed E-state index contributed by atoms with van der Waals surface area (Å²) in [6.45, 7) is 4.68. The van der Waals surface area contributed by atoms with Crippen LogP contribution in [0.15, 0.2) is 12.1 Å². The van der Waals surface area contributed by atoms with Gasteiger partial charge in [0, 0.05) is 12.0 Å². The number of amides is 2. The molecule has 1 aliphatic rings. The number of carbonyl (C=O) groups excluding carboxylic acids is 4. The number of Topliss-reactive ketones (excluding diaryl/α,β-unsaturated/α-hetero) is 1. The lowest BCUT2D eigenvalue weighted by atomic mass is 9.91. The second-order valence-electron chi connectivity index (χ2n) is 6.66. The van der Waals surface area contributed by atoms with E-state index in [-0.39, 0.29) is 46.5 Å². The molecule has 6 nitrogen and oxygen atoms in total. The maximum Gasteiger partial charge on any atom is 0.308 e. The molecule has 0 N–H and O–H groups in total. The minimum Gasteiger partial charge on any atom is -0.458 e. The summed E-state index contributed by atoms with van der Waals surface area (Å²) in [6, 6.07) is 2.67. The van der Waals surface area contributed by atoms with Gasteiger partial charge in [0.1, 0.15) is 0 Å². The molecule has 1 aromatic carbocycles. The molecule has 8 heteroatoms. The van der Waals surface area contributed by atoms with Gasteiger partial charge in [-0.05, 0) is 12.1 Å². The Hall–Kier alpha value is -1.92. The summed E-state index contributed by atoms with van der Waals surface area (Å²) in [5.41, 5.74) is -0.312. The number of carbonyl (C=O) groups is 4. The molecule has 0 unspecified atom stereocenters. The highest BCUT2D eigenvalue weighted by atomic mass is 35.5. The fourth-order valence-corrected chi connectivity index (χ4v) is 2.45. The summed E-state index contributed by atoms with van der Waals surface area (Å²) >= 11 is 11.7. The molecule has 1 aliphatic heterocycles. The largest absolute Gasteiger partial charge is 0.458 e. The number of halogens is 2. The fourth-order valence-electron chi connectivity index (χ4n) is 2.12. The van der Waals surface area contributed by atoms with Crippen LogP contribution in [-0.2, 0) is 14.3 Å². The van der Waals surface area contributed by atoms with Gasteiger partial charge in [-0.25, -0.2) is 0 Å². The van der Waals surface area contributed by atoms with E-state index in [9.17, 15) is 19.2 Å². The molecule has 2 rings (SSSR count). The van der Waals surface area contributed by atoms with Gasteiger partial charge in [0.25, 0.3) is 11.8 Å². The van der Waals surface area contributed by atoms with Gasteiger partial charge in [0.05, 0.1) is 27.6 Å². The molecule has 0 bridgehead atoms. The van der Waals surface area contributed by atoms with Gasteiger partial charge < -0.3 is 4.74 Å². The lowest BCUT2D eigenvalue weighted by Crippen LogP contribution is -2.33. The van der Waals surface area contributed by atoms with Gasteiger partial charge in [0.2, 0.25) is 0 Å². The Morgan fingerprint density at radius 1 is 1.04 bits per heavy atom. The second-order valence-corrected chi connectivity index (χ2v) is 7.47. The molecule has 1 heterocycles. The predicted octanol–water partition coefficient (Wildman–Crippen LogP) is 3.14. The van der Waals surface area contributed by atoms with E-state index in [1.165, 1.54) is 12.1 Å². The molecule has 1 aromatic rings. The van der Waals surface area contributed by atoms with E-state index in [2.05, 4.69) is 0 Å². The highest BCUT2D eigenvalue weighted by molar-refractivity contribution is 6.43. The van der Waals surface area contributed by atoms with Gasteiger partial charge in [-0.15, -0.1) is 0 Å². The van der Waals surface area contributed by atoms with Crippen molar-refractivity contribution in [1.29, 1.82) is 0 Å². The van der Waals surface area contributed by atoms with Crippen LogP contribution in [0.1, 0.15) is 47.9 Å². The van der Waals surface area contributed by atoms with Crippen molar-refractivity contribution in [3.63, 3.8) is 0 Å². The third kappa shape index (κ3) is 4.19. The van der Waals surface area contributed by atoms with Crippen molar-refractivity contribution in [2.45, 2.75) is 27.2 Å². The van der Waals surface area contributed by atoms with Crippen molar-refractivity contribution in [3.8, 4) is 0 Å². The first-order valence-corrected chi connectivity index (χ1v) is 8.32. The van der Waals surface area contributed by atoms with Crippen molar-refractivity contribution < 1.29 is 23.9 Å². The Kier molecular flexibility index (Phi) is 5.54. The first kappa shape index (κ1) is 19.4. The number of imide groups is 1. The molecule has 0 spiro atoms. The first-order valence-electron chi connectivity index (χ1n) is 7.56. The molecule has 0 aliphatic carbocycles. The van der Waals surface area contributed by atoms with E-state index < -0.39 is 23.2 Å². The van der Waals surface area contributed by atoms with Crippen LogP contribution in [0, 0.1) is 5.41 Å². The molecule has 0 saturated carbocycles. The number of rotatable bonds is 5. The van der Waals surface area contributed by atoms with Crippen LogP contribution in [0.4, 0.5) is 0 Å². The number of benzene rings is 1. The van der Waals surface area contributed by atoms with Crippen LogP contribution in [0.2, 0.25) is 10.0 Å². The van der Waals surface area contributed by atoms with Gasteiger partial charge in [-0.2, -0.15) is 0 Å². The summed E-state index contributed by atoms with van der Waals surface area (Å²) in [4.78, 5) is 49.0. The number of hydrogen-bond acceptors (Lipinski definition) is 5. The minimum absolute atomic E-state index is 0.149. The number of ether oxygens (including phenoxy) is 1. The van der Waals surface area contributed by atoms with Crippen molar-refractivity contribution in [3.05, 3.63) is 33.3 Å². The lowest BCUT2D eigenvalue weighted by molar-refractivity contribution is -0.150. The molecule has 134 valence electrons. The summed E-state index contributed by atoms with van der Waals surface area (Å²) < 4.78 is 4.90. The Morgan fingerprint density at radius 3 is 1.96 bits per heavy atom. The summed E-state index contributed by atoms with van der Waals surface area (Å²) in [7, 11) is 0. The molecular formula is C17H17Cl2NO5. The topological polar surface area (TPSA) is 80.8 Å². The van der Waals surface area contributed by atoms with Crippen LogP contribution in [0.5, 0.6) is 0 Å². The van der Waals surface area contributed by atoms with Crippen LogP contribution in [0.3, 0.4) is 0 Å². The van der Waals surface area contributed by atoms with Crippen LogP contribution in [0.25, 0.3) is 0 Å². The third-order valence-corrected chi connectivity index (χ3v) is 4.47. The average Bonchev–Trinajstić information content (AvgIpc) is 2.74. The number of esters is 1. The predicted molar refractivity (Wildman–Crippen MR) is 91.9 cm³/mol. The van der Waals surface area contributed by atoms with E-state index in [1.54, 1.807) is 20.8 Å². The Bertz CT molecular complexity index is 726. The van der Waals surface area contributed by atoms with E-state index >= 15 is 0 Å². The number of hydrogen-bond donors (Lipinski definition) is 0. The van der Waals surface area contributed by atoms with Crippen molar-refractivity contribution in [2.24, 2.45) is 5.41 Å². The molecule has 0 atom stereocenters. The summed E-state index contributed by atoms with van der Waals surface area (Å²) in [6.07, 6.45) is -0.204. The standard InChI is InChI=1S/C17H17Cl2NO5/c1-17(2,3)13(21)8-25-14(22)4-5-20-15(23)9-6-11(18)12(19)7-10(9)16(20)24/h6-7H,4-5,8H2,1-3H3. The molecule has 0 aromatic heterocycles. The second kappa shape index (κ2) is 7.14. The third-order valence-electron chi connectivity index (χ3n) is 3.75. The molecule has 0 fully saturated rings. The minimum atomic E-state index is -0.662. The van der Waals surface area contributed by atoms with E-state index in [0.29, 0.717) is 0 Å². The lowest BCUT2D eigenvalue weighted by Gasteiger charge is -2.17. The van der Waals surface area contributed by atoms with Crippen molar-refractivity contribution in [2.75, 3.05) is 13.2 Å². The summed E-state index contributed by atoms with van der Waals surface area (Å²) in [5, 5.41) is 0.340. The molecular weight excluding hydrogens is 369 g/mol. The molecule has 0 saturated heterocycles. The first-order chi connectivity index (χ1) is 11.5. The Morgan fingerprint density at radius 2 is 1.52 bits per heavy atom. The van der Waals surface area contributed by atoms with Crippen molar-refractivity contribution in [1.82, 2.24) is 4.90 Å². The molecule has 25 heavy (non-hydrogen) atoms. The van der Waals surface area contributed by atoms with Gasteiger partial charge in [-0.1, -0.05) is 44.0 Å². The van der Waals surface area contributed by atoms with Gasteiger partial charge in [0.15, 0.2) is 12.4 Å². The fraction of sp³-hybridized carbons (Fsp3) is 0.412. The van der Waals surface area contributed by atoms with E-state index in [4.69, 9.17) is 27.9 Å². The quantitative estimate of drug-likeness (QED) is 0.574. The SMILES string of the molecule is CC(C)(C)C(=O)COC(=O)CCN1C(=O)c2cc(Cl)c(Cl)cc2C1=O. The highest BCUT2D eigenvalue weighted by Gasteiger charge is 2.36. The maximum atomic E-state index is 12.3. The zero-order chi connectivity index (χ0) is 18.9. The Labute approximate surface area is 155 Å². The van der Waals surface area contributed by atoms with E-state index in [0.717, 1.165) is 4.90 Å².